The summed E-state index contributed by atoms with van der Waals surface area (Å²) < 4.78 is 0. The van der Waals surface area contributed by atoms with Crippen LogP contribution in [0.15, 0.2) is 42.5 Å². The third kappa shape index (κ3) is 3.13. The van der Waals surface area contributed by atoms with Crippen molar-refractivity contribution in [2.75, 3.05) is 5.32 Å². The molecule has 2 rings (SSSR count). The third-order valence-corrected chi connectivity index (χ3v) is 3.16. The molecular formula is C15H15ClN2O. The Bertz CT molecular complexity index is 611. The molecule has 0 bridgehead atoms. The van der Waals surface area contributed by atoms with Gasteiger partial charge >= 0.3 is 0 Å². The van der Waals surface area contributed by atoms with Gasteiger partial charge in [-0.05, 0) is 36.2 Å². The number of hydrogen-bond acceptors (Lipinski definition) is 2. The van der Waals surface area contributed by atoms with Crippen LogP contribution < -0.4 is 11.1 Å². The zero-order chi connectivity index (χ0) is 13.8. The maximum Gasteiger partial charge on any atom is 0.255 e. The van der Waals surface area contributed by atoms with Gasteiger partial charge in [0.05, 0.1) is 0 Å². The first-order valence-electron chi connectivity index (χ1n) is 5.97. The fourth-order valence-corrected chi connectivity index (χ4v) is 2.02. The highest BCUT2D eigenvalue weighted by molar-refractivity contribution is 6.31. The van der Waals surface area contributed by atoms with Crippen molar-refractivity contribution in [2.45, 2.75) is 13.5 Å². The first-order valence-corrected chi connectivity index (χ1v) is 6.35. The molecule has 4 heteroatoms. The molecule has 19 heavy (non-hydrogen) atoms. The molecule has 0 saturated heterocycles. The molecule has 0 radical (unpaired) electrons. The van der Waals surface area contributed by atoms with Crippen molar-refractivity contribution in [1.29, 1.82) is 0 Å². The summed E-state index contributed by atoms with van der Waals surface area (Å²) in [7, 11) is 0. The molecule has 0 unspecified atom stereocenters. The average Bonchev–Trinajstić information content (AvgIpc) is 2.42. The zero-order valence-corrected chi connectivity index (χ0v) is 11.4. The second-order valence-electron chi connectivity index (χ2n) is 4.27. The van der Waals surface area contributed by atoms with Gasteiger partial charge in [0.15, 0.2) is 0 Å². The van der Waals surface area contributed by atoms with E-state index in [0.717, 1.165) is 16.8 Å². The largest absolute Gasteiger partial charge is 0.326 e. The highest BCUT2D eigenvalue weighted by atomic mass is 35.5. The van der Waals surface area contributed by atoms with Gasteiger partial charge < -0.3 is 11.1 Å². The lowest BCUT2D eigenvalue weighted by molar-refractivity contribution is 0.102. The predicted molar refractivity (Wildman–Crippen MR) is 78.5 cm³/mol. The summed E-state index contributed by atoms with van der Waals surface area (Å²) >= 11 is 5.92. The summed E-state index contributed by atoms with van der Waals surface area (Å²) in [5, 5.41) is 3.41. The molecule has 0 aliphatic carbocycles. The Hall–Kier alpha value is -1.84. The fourth-order valence-electron chi connectivity index (χ4n) is 1.85. The van der Waals surface area contributed by atoms with Gasteiger partial charge in [0.25, 0.3) is 5.91 Å². The van der Waals surface area contributed by atoms with Crippen LogP contribution >= 0.6 is 11.6 Å². The lowest BCUT2D eigenvalue weighted by atomic mass is 10.1. The molecule has 3 nitrogen and oxygen atoms in total. The molecule has 0 saturated carbocycles. The molecule has 0 atom stereocenters. The van der Waals surface area contributed by atoms with Crippen molar-refractivity contribution in [3.05, 3.63) is 64.2 Å². The molecule has 0 heterocycles. The van der Waals surface area contributed by atoms with Crippen LogP contribution in [-0.4, -0.2) is 5.91 Å². The second kappa shape index (κ2) is 5.87. The number of rotatable bonds is 3. The molecule has 1 amide bonds. The first-order chi connectivity index (χ1) is 9.11. The lowest BCUT2D eigenvalue weighted by Crippen LogP contribution is -2.15. The number of nitrogens with two attached hydrogens (primary N) is 1. The second-order valence-corrected chi connectivity index (χ2v) is 4.71. The van der Waals surface area contributed by atoms with Crippen LogP contribution in [0.1, 0.15) is 21.5 Å². The monoisotopic (exact) mass is 274 g/mol. The smallest absolute Gasteiger partial charge is 0.255 e. The topological polar surface area (TPSA) is 55.1 Å². The van der Waals surface area contributed by atoms with E-state index < -0.39 is 0 Å². The van der Waals surface area contributed by atoms with E-state index in [2.05, 4.69) is 5.32 Å². The predicted octanol–water partition coefficient (Wildman–Crippen LogP) is 3.36. The summed E-state index contributed by atoms with van der Waals surface area (Å²) in [5.74, 6) is -0.180. The van der Waals surface area contributed by atoms with Crippen LogP contribution in [0.4, 0.5) is 5.69 Å². The summed E-state index contributed by atoms with van der Waals surface area (Å²) in [4.78, 5) is 12.2. The number of hydrogen-bond donors (Lipinski definition) is 2. The van der Waals surface area contributed by atoms with Crippen LogP contribution in [0.25, 0.3) is 0 Å². The highest BCUT2D eigenvalue weighted by Gasteiger charge is 2.11. The van der Waals surface area contributed by atoms with E-state index in [-0.39, 0.29) is 5.91 Å². The van der Waals surface area contributed by atoms with Crippen molar-refractivity contribution in [1.82, 2.24) is 0 Å². The van der Waals surface area contributed by atoms with Crippen molar-refractivity contribution in [2.24, 2.45) is 5.73 Å². The van der Waals surface area contributed by atoms with Crippen molar-refractivity contribution in [3.63, 3.8) is 0 Å². The molecule has 2 aromatic rings. The Morgan fingerprint density at radius 2 is 2.00 bits per heavy atom. The standard InChI is InChI=1S/C15H15ClN2O/c1-10-6-7-12(16)8-13(10)15(19)18-14-5-3-2-4-11(14)9-17/h2-8H,9,17H2,1H3,(H,18,19). The molecular weight excluding hydrogens is 260 g/mol. The molecule has 0 aliphatic heterocycles. The molecule has 0 spiro atoms. The van der Waals surface area contributed by atoms with Gasteiger partial charge in [-0.3, -0.25) is 4.79 Å². The number of carbonyl (C=O) groups excluding carboxylic acids is 1. The van der Waals surface area contributed by atoms with Crippen LogP contribution in [0, 0.1) is 6.92 Å². The summed E-state index contributed by atoms with van der Waals surface area (Å²) in [5.41, 5.74) is 8.73. The molecule has 0 aromatic heterocycles. The molecule has 0 aliphatic rings. The maximum absolute atomic E-state index is 12.2. The van der Waals surface area contributed by atoms with E-state index in [0.29, 0.717) is 17.1 Å². The molecule has 0 fully saturated rings. The van der Waals surface area contributed by atoms with E-state index >= 15 is 0 Å². The Balaban J connectivity index is 2.28. The summed E-state index contributed by atoms with van der Waals surface area (Å²) in [6.07, 6.45) is 0. The van der Waals surface area contributed by atoms with Crippen molar-refractivity contribution >= 4 is 23.2 Å². The van der Waals surface area contributed by atoms with E-state index in [4.69, 9.17) is 17.3 Å². The number of anilines is 1. The Kier molecular flexibility index (Phi) is 4.20. The van der Waals surface area contributed by atoms with Crippen molar-refractivity contribution in [3.8, 4) is 0 Å². The van der Waals surface area contributed by atoms with Gasteiger partial charge in [0.2, 0.25) is 0 Å². The number of aryl methyl sites for hydroxylation is 1. The molecule has 3 N–H and O–H groups in total. The van der Waals surface area contributed by atoms with Gasteiger partial charge in [-0.1, -0.05) is 35.9 Å². The number of carbonyl (C=O) groups is 1. The van der Waals surface area contributed by atoms with Gasteiger partial charge in [-0.15, -0.1) is 0 Å². The Morgan fingerprint density at radius 3 is 2.74 bits per heavy atom. The lowest BCUT2D eigenvalue weighted by Gasteiger charge is -2.11. The SMILES string of the molecule is Cc1ccc(Cl)cc1C(=O)Nc1ccccc1CN. The minimum atomic E-state index is -0.180. The van der Waals surface area contributed by atoms with Crippen LogP contribution in [0.2, 0.25) is 5.02 Å². The minimum absolute atomic E-state index is 0.180. The Morgan fingerprint density at radius 1 is 1.26 bits per heavy atom. The fraction of sp³-hybridized carbons (Fsp3) is 0.133. The quantitative estimate of drug-likeness (QED) is 0.902. The zero-order valence-electron chi connectivity index (χ0n) is 10.6. The molecule has 2 aromatic carbocycles. The van der Waals surface area contributed by atoms with Gasteiger partial charge in [0.1, 0.15) is 0 Å². The van der Waals surface area contributed by atoms with E-state index in [9.17, 15) is 4.79 Å². The van der Waals surface area contributed by atoms with Gasteiger partial charge in [0, 0.05) is 22.8 Å². The van der Waals surface area contributed by atoms with Crippen LogP contribution in [0.3, 0.4) is 0 Å². The normalized spacial score (nSPS) is 10.3. The van der Waals surface area contributed by atoms with E-state index in [1.54, 1.807) is 12.1 Å². The number of nitrogens with one attached hydrogen (secondary N) is 1. The number of halogens is 1. The summed E-state index contributed by atoms with van der Waals surface area (Å²) in [6, 6.07) is 12.7. The maximum atomic E-state index is 12.2. The number of benzene rings is 2. The van der Waals surface area contributed by atoms with E-state index in [1.807, 2.05) is 37.3 Å². The Labute approximate surface area is 117 Å². The average molecular weight is 275 g/mol. The highest BCUT2D eigenvalue weighted by Crippen LogP contribution is 2.19. The summed E-state index contributed by atoms with van der Waals surface area (Å²) in [6.45, 7) is 2.26. The van der Waals surface area contributed by atoms with Crippen LogP contribution in [-0.2, 0) is 6.54 Å². The number of amides is 1. The van der Waals surface area contributed by atoms with Gasteiger partial charge in [-0.2, -0.15) is 0 Å². The third-order valence-electron chi connectivity index (χ3n) is 2.93. The minimum Gasteiger partial charge on any atom is -0.326 e. The molecule has 98 valence electrons. The van der Waals surface area contributed by atoms with E-state index in [1.165, 1.54) is 0 Å². The van der Waals surface area contributed by atoms with Crippen molar-refractivity contribution < 1.29 is 4.79 Å². The van der Waals surface area contributed by atoms with Crippen LogP contribution in [0.5, 0.6) is 0 Å². The first kappa shape index (κ1) is 13.6. The van der Waals surface area contributed by atoms with Gasteiger partial charge in [-0.25, -0.2) is 0 Å². The number of para-hydroxylation sites is 1.